The highest BCUT2D eigenvalue weighted by molar-refractivity contribution is 7.99. The number of fused-ring (bicyclic) bond motifs is 1. The number of methoxy groups -OCH3 is 1. The number of ether oxygens (including phenoxy) is 2. The van der Waals surface area contributed by atoms with Crippen LogP contribution in [0.15, 0.2) is 34.6 Å². The Labute approximate surface area is 197 Å². The van der Waals surface area contributed by atoms with Crippen LogP contribution in [0.4, 0.5) is 19.0 Å². The lowest BCUT2D eigenvalue weighted by Gasteiger charge is -2.29. The number of nitrogens with zero attached hydrogens (tertiary/aromatic N) is 5. The standard InChI is InChI=1S/C21H23F3N6O3S/c1-32-14-2-3-15(33-21(22,23)24)16(10-14)34-20-28-17-18(25)26-11-27-19(17)30(20)9-6-13-4-7-29(12-31)8-5-13/h2-3,10-13H,4-9H2,1H3,(H2,25,26,27). The predicted molar refractivity (Wildman–Crippen MR) is 119 cm³/mol. The van der Waals surface area contributed by atoms with Gasteiger partial charge >= 0.3 is 6.36 Å². The molecule has 182 valence electrons. The minimum atomic E-state index is -4.85. The van der Waals surface area contributed by atoms with Gasteiger partial charge in [-0.15, -0.1) is 13.2 Å². The minimum Gasteiger partial charge on any atom is -0.497 e. The quantitative estimate of drug-likeness (QED) is 0.470. The van der Waals surface area contributed by atoms with E-state index >= 15 is 0 Å². The number of hydrogen-bond donors (Lipinski definition) is 1. The van der Waals surface area contributed by atoms with E-state index in [1.54, 1.807) is 4.90 Å². The first-order valence-electron chi connectivity index (χ1n) is 10.5. The number of aromatic nitrogens is 4. The van der Waals surface area contributed by atoms with Crippen LogP contribution in [0, 0.1) is 5.92 Å². The number of aryl methyl sites for hydroxylation is 1. The molecule has 0 saturated carbocycles. The summed E-state index contributed by atoms with van der Waals surface area (Å²) in [7, 11) is 1.43. The molecule has 2 N–H and O–H groups in total. The molecule has 0 bridgehead atoms. The molecule has 9 nitrogen and oxygen atoms in total. The largest absolute Gasteiger partial charge is 0.573 e. The third-order valence-corrected chi connectivity index (χ3v) is 6.70. The maximum Gasteiger partial charge on any atom is 0.573 e. The topological polar surface area (TPSA) is 108 Å². The molecule has 1 aliphatic heterocycles. The lowest BCUT2D eigenvalue weighted by atomic mass is 9.94. The number of anilines is 1. The van der Waals surface area contributed by atoms with Crippen molar-refractivity contribution in [2.24, 2.45) is 5.92 Å². The first-order chi connectivity index (χ1) is 16.3. The van der Waals surface area contributed by atoms with Gasteiger partial charge in [0.1, 0.15) is 17.8 Å². The van der Waals surface area contributed by atoms with E-state index in [9.17, 15) is 18.0 Å². The third kappa shape index (κ3) is 5.46. The summed E-state index contributed by atoms with van der Waals surface area (Å²) >= 11 is 1.01. The summed E-state index contributed by atoms with van der Waals surface area (Å²) in [5.41, 5.74) is 6.87. The normalized spacial score (nSPS) is 15.0. The number of nitrogens with two attached hydrogens (primary N) is 1. The van der Waals surface area contributed by atoms with Crippen molar-refractivity contribution in [3.05, 3.63) is 24.5 Å². The van der Waals surface area contributed by atoms with Crippen molar-refractivity contribution in [3.63, 3.8) is 0 Å². The second kappa shape index (κ2) is 9.95. The molecule has 0 atom stereocenters. The van der Waals surface area contributed by atoms with E-state index < -0.39 is 6.36 Å². The van der Waals surface area contributed by atoms with E-state index in [0.717, 1.165) is 37.4 Å². The molecule has 1 saturated heterocycles. The zero-order chi connectivity index (χ0) is 24.3. The molecule has 3 heterocycles. The molecule has 0 radical (unpaired) electrons. The van der Waals surface area contributed by atoms with Crippen LogP contribution in [0.3, 0.4) is 0 Å². The SMILES string of the molecule is COc1ccc(OC(F)(F)F)c(Sc2nc3c(N)ncnc3n2CCC2CCN(C=O)CC2)c1. The van der Waals surface area contributed by atoms with Crippen LogP contribution in [0.5, 0.6) is 11.5 Å². The summed E-state index contributed by atoms with van der Waals surface area (Å²) in [4.78, 5) is 25.7. The van der Waals surface area contributed by atoms with Gasteiger partial charge < -0.3 is 24.7 Å². The molecule has 1 aliphatic rings. The van der Waals surface area contributed by atoms with Crippen molar-refractivity contribution >= 4 is 35.2 Å². The lowest BCUT2D eigenvalue weighted by Crippen LogP contribution is -2.32. The van der Waals surface area contributed by atoms with Crippen molar-refractivity contribution in [1.29, 1.82) is 0 Å². The fraction of sp³-hybridized carbons (Fsp3) is 0.429. The Morgan fingerprint density at radius 1 is 1.26 bits per heavy atom. The number of piperidine rings is 1. The van der Waals surface area contributed by atoms with Gasteiger partial charge in [0.25, 0.3) is 0 Å². The first-order valence-corrected chi connectivity index (χ1v) is 11.4. The molecule has 34 heavy (non-hydrogen) atoms. The highest BCUT2D eigenvalue weighted by atomic mass is 32.2. The molecule has 3 aromatic rings. The average Bonchev–Trinajstić information content (AvgIpc) is 3.16. The molecule has 4 rings (SSSR count). The molecule has 1 aromatic carbocycles. The molecule has 0 aliphatic carbocycles. The van der Waals surface area contributed by atoms with Gasteiger partial charge in [-0.3, -0.25) is 4.79 Å². The van der Waals surface area contributed by atoms with E-state index in [4.69, 9.17) is 10.5 Å². The predicted octanol–water partition coefficient (Wildman–Crippen LogP) is 3.73. The summed E-state index contributed by atoms with van der Waals surface area (Å²) in [5, 5.41) is 0.410. The fourth-order valence-corrected chi connectivity index (χ4v) is 4.88. The van der Waals surface area contributed by atoms with E-state index in [2.05, 4.69) is 19.7 Å². The van der Waals surface area contributed by atoms with Crippen molar-refractivity contribution < 1.29 is 27.4 Å². The van der Waals surface area contributed by atoms with Gasteiger partial charge in [0.2, 0.25) is 6.41 Å². The van der Waals surface area contributed by atoms with Crippen LogP contribution in [-0.2, 0) is 11.3 Å². The fourth-order valence-electron chi connectivity index (χ4n) is 3.87. The average molecular weight is 497 g/mol. The number of amides is 1. The van der Waals surface area contributed by atoms with Gasteiger partial charge in [-0.05, 0) is 55.1 Å². The van der Waals surface area contributed by atoms with Gasteiger partial charge in [-0.2, -0.15) is 0 Å². The van der Waals surface area contributed by atoms with Gasteiger partial charge in [0.15, 0.2) is 22.1 Å². The lowest BCUT2D eigenvalue weighted by molar-refractivity contribution is -0.275. The number of rotatable bonds is 8. The summed E-state index contributed by atoms with van der Waals surface area (Å²) < 4.78 is 50.2. The van der Waals surface area contributed by atoms with Gasteiger partial charge in [-0.1, -0.05) is 0 Å². The van der Waals surface area contributed by atoms with Crippen molar-refractivity contribution in [2.45, 2.75) is 42.2 Å². The van der Waals surface area contributed by atoms with Crippen LogP contribution in [-0.4, -0.2) is 57.4 Å². The number of benzene rings is 1. The summed E-state index contributed by atoms with van der Waals surface area (Å²) in [6.07, 6.45) is -0.107. The smallest absolute Gasteiger partial charge is 0.497 e. The Balaban J connectivity index is 1.65. The van der Waals surface area contributed by atoms with Crippen molar-refractivity contribution in [1.82, 2.24) is 24.4 Å². The van der Waals surface area contributed by atoms with Gasteiger partial charge in [-0.25, -0.2) is 15.0 Å². The van der Waals surface area contributed by atoms with Crippen LogP contribution in [0.25, 0.3) is 11.2 Å². The Hall–Kier alpha value is -3.22. The van der Waals surface area contributed by atoms with Crippen molar-refractivity contribution in [2.75, 3.05) is 25.9 Å². The Morgan fingerprint density at radius 2 is 2.03 bits per heavy atom. The Morgan fingerprint density at radius 3 is 2.71 bits per heavy atom. The highest BCUT2D eigenvalue weighted by Crippen LogP contribution is 2.40. The van der Waals surface area contributed by atoms with E-state index in [1.807, 2.05) is 4.57 Å². The Bertz CT molecular complexity index is 1160. The zero-order valence-electron chi connectivity index (χ0n) is 18.3. The number of nitrogen functional groups attached to an aromatic ring is 1. The third-order valence-electron chi connectivity index (χ3n) is 5.66. The molecule has 2 aromatic heterocycles. The minimum absolute atomic E-state index is 0.180. The molecular weight excluding hydrogens is 473 g/mol. The maximum absolute atomic E-state index is 13.0. The zero-order valence-corrected chi connectivity index (χ0v) is 19.1. The number of alkyl halides is 3. The number of hydrogen-bond acceptors (Lipinski definition) is 8. The van der Waals surface area contributed by atoms with Crippen LogP contribution >= 0.6 is 11.8 Å². The number of carbonyl (C=O) groups is 1. The molecule has 0 unspecified atom stereocenters. The second-order valence-corrected chi connectivity index (χ2v) is 8.82. The van der Waals surface area contributed by atoms with Gasteiger partial charge in [0, 0.05) is 19.6 Å². The molecule has 13 heteroatoms. The number of imidazole rings is 1. The van der Waals surface area contributed by atoms with E-state index in [0.29, 0.717) is 47.6 Å². The number of halogens is 3. The Kier molecular flexibility index (Phi) is 7.00. The van der Waals surface area contributed by atoms with E-state index in [1.165, 1.54) is 31.6 Å². The molecule has 1 amide bonds. The summed E-state index contributed by atoms with van der Waals surface area (Å²) in [6, 6.07) is 4.06. The van der Waals surface area contributed by atoms with Crippen LogP contribution in [0.1, 0.15) is 19.3 Å². The second-order valence-electron chi connectivity index (χ2n) is 7.81. The molecule has 1 fully saturated rings. The van der Waals surface area contributed by atoms with Crippen LogP contribution < -0.4 is 15.2 Å². The summed E-state index contributed by atoms with van der Waals surface area (Å²) in [6.45, 7) is 1.94. The van der Waals surface area contributed by atoms with Gasteiger partial charge in [0.05, 0.1) is 12.0 Å². The van der Waals surface area contributed by atoms with Crippen LogP contribution in [0.2, 0.25) is 0 Å². The molecular formula is C21H23F3N6O3S. The summed E-state index contributed by atoms with van der Waals surface area (Å²) in [5.74, 6) is 0.590. The number of carbonyl (C=O) groups excluding carboxylic acids is 1. The molecule has 0 spiro atoms. The maximum atomic E-state index is 13.0. The van der Waals surface area contributed by atoms with E-state index in [-0.39, 0.29) is 16.5 Å². The number of likely N-dealkylation sites (tertiary alicyclic amines) is 1. The monoisotopic (exact) mass is 496 g/mol. The first kappa shape index (κ1) is 23.9. The van der Waals surface area contributed by atoms with Crippen molar-refractivity contribution in [3.8, 4) is 11.5 Å². The highest BCUT2D eigenvalue weighted by Gasteiger charge is 2.33.